The van der Waals surface area contributed by atoms with Gasteiger partial charge < -0.3 is 0 Å². The lowest BCUT2D eigenvalue weighted by atomic mass is 10.1. The first-order valence-corrected chi connectivity index (χ1v) is 9.92. The van der Waals surface area contributed by atoms with Crippen LogP contribution >= 0.6 is 23.2 Å². The second-order valence-corrected chi connectivity index (χ2v) is 8.11. The van der Waals surface area contributed by atoms with Crippen molar-refractivity contribution in [3.8, 4) is 11.3 Å². The zero-order valence-electron chi connectivity index (χ0n) is 13.5. The molecule has 2 aromatic heterocycles. The van der Waals surface area contributed by atoms with Crippen molar-refractivity contribution in [1.29, 1.82) is 0 Å². The van der Waals surface area contributed by atoms with Crippen molar-refractivity contribution >= 4 is 44.6 Å². The monoisotopic (exact) mass is 419 g/mol. The van der Waals surface area contributed by atoms with Crippen molar-refractivity contribution in [2.45, 2.75) is 4.90 Å². The van der Waals surface area contributed by atoms with Crippen molar-refractivity contribution in [2.75, 3.05) is 4.72 Å². The van der Waals surface area contributed by atoms with Crippen molar-refractivity contribution in [3.05, 3.63) is 71.0 Å². The molecule has 0 aliphatic rings. The highest BCUT2D eigenvalue weighted by molar-refractivity contribution is 7.92. The minimum atomic E-state index is -3.78. The SMILES string of the molecule is O=S(=O)(Nc1ccc(-c2ccc3nncn3n2)cc1)c1ccc(Cl)c(Cl)c1. The Morgan fingerprint density at radius 1 is 0.926 bits per heavy atom. The van der Waals surface area contributed by atoms with Gasteiger partial charge in [-0.3, -0.25) is 4.72 Å². The number of rotatable bonds is 4. The molecular weight excluding hydrogens is 409 g/mol. The molecule has 7 nitrogen and oxygen atoms in total. The molecule has 136 valence electrons. The summed E-state index contributed by atoms with van der Waals surface area (Å²) in [6.07, 6.45) is 1.51. The van der Waals surface area contributed by atoms with Crippen LogP contribution in [-0.2, 0) is 10.0 Å². The fourth-order valence-electron chi connectivity index (χ4n) is 2.45. The lowest BCUT2D eigenvalue weighted by Gasteiger charge is -2.09. The highest BCUT2D eigenvalue weighted by Gasteiger charge is 2.16. The van der Waals surface area contributed by atoms with Crippen LogP contribution in [0.15, 0.2) is 65.8 Å². The van der Waals surface area contributed by atoms with E-state index in [0.29, 0.717) is 17.0 Å². The standard InChI is InChI=1S/C17H11Cl2N5O2S/c18-14-6-5-13(9-15(14)19)27(25,26)23-12-3-1-11(2-4-12)16-7-8-17-21-20-10-24(17)22-16/h1-10,23H. The van der Waals surface area contributed by atoms with Gasteiger partial charge in [-0.15, -0.1) is 10.2 Å². The Morgan fingerprint density at radius 2 is 1.70 bits per heavy atom. The summed E-state index contributed by atoms with van der Waals surface area (Å²) in [6, 6.07) is 14.6. The zero-order valence-corrected chi connectivity index (χ0v) is 15.9. The zero-order chi connectivity index (χ0) is 19.0. The van der Waals surface area contributed by atoms with Gasteiger partial charge in [-0.25, -0.2) is 8.42 Å². The average molecular weight is 420 g/mol. The maximum atomic E-state index is 12.5. The molecule has 1 N–H and O–H groups in total. The predicted octanol–water partition coefficient (Wildman–Crippen LogP) is 3.90. The van der Waals surface area contributed by atoms with Gasteiger partial charge in [0.15, 0.2) is 5.65 Å². The number of halogens is 2. The predicted molar refractivity (Wildman–Crippen MR) is 103 cm³/mol. The van der Waals surface area contributed by atoms with Crippen LogP contribution < -0.4 is 4.72 Å². The van der Waals surface area contributed by atoms with Crippen molar-refractivity contribution in [1.82, 2.24) is 19.8 Å². The quantitative estimate of drug-likeness (QED) is 0.541. The van der Waals surface area contributed by atoms with Crippen LogP contribution in [0.2, 0.25) is 10.0 Å². The van der Waals surface area contributed by atoms with Crippen LogP contribution in [-0.4, -0.2) is 28.2 Å². The molecule has 4 aromatic rings. The van der Waals surface area contributed by atoms with Crippen molar-refractivity contribution in [2.24, 2.45) is 0 Å². The molecule has 0 aliphatic heterocycles. The summed E-state index contributed by atoms with van der Waals surface area (Å²) < 4.78 is 29.1. The smallest absolute Gasteiger partial charge is 0.261 e. The molecule has 27 heavy (non-hydrogen) atoms. The van der Waals surface area contributed by atoms with Crippen LogP contribution in [0.5, 0.6) is 0 Å². The van der Waals surface area contributed by atoms with Gasteiger partial charge in [0.1, 0.15) is 6.33 Å². The molecule has 0 bridgehead atoms. The minimum absolute atomic E-state index is 0.0284. The van der Waals surface area contributed by atoms with Crippen LogP contribution in [0.4, 0.5) is 5.69 Å². The highest BCUT2D eigenvalue weighted by Crippen LogP contribution is 2.26. The van der Waals surface area contributed by atoms with E-state index in [2.05, 4.69) is 20.0 Å². The number of hydrogen-bond donors (Lipinski definition) is 1. The first-order chi connectivity index (χ1) is 12.9. The molecule has 0 radical (unpaired) electrons. The Kier molecular flexibility index (Phi) is 4.47. The van der Waals surface area contributed by atoms with E-state index in [-0.39, 0.29) is 14.9 Å². The van der Waals surface area contributed by atoms with Gasteiger partial charge >= 0.3 is 0 Å². The molecule has 10 heteroatoms. The Bertz CT molecular complexity index is 1240. The molecule has 0 aliphatic carbocycles. The summed E-state index contributed by atoms with van der Waals surface area (Å²) in [5, 5.41) is 12.6. The van der Waals surface area contributed by atoms with Gasteiger partial charge in [-0.2, -0.15) is 9.61 Å². The van der Waals surface area contributed by atoms with E-state index in [1.54, 1.807) is 34.8 Å². The Labute approximate surface area is 164 Å². The number of nitrogens with one attached hydrogen (secondary N) is 1. The number of sulfonamides is 1. The van der Waals surface area contributed by atoms with Crippen molar-refractivity contribution < 1.29 is 8.42 Å². The van der Waals surface area contributed by atoms with E-state index in [1.165, 1.54) is 24.5 Å². The summed E-state index contributed by atoms with van der Waals surface area (Å²) in [5.74, 6) is 0. The molecule has 0 spiro atoms. The highest BCUT2D eigenvalue weighted by atomic mass is 35.5. The summed E-state index contributed by atoms with van der Waals surface area (Å²) in [7, 11) is -3.78. The van der Waals surface area contributed by atoms with Crippen LogP contribution in [0.1, 0.15) is 0 Å². The Hall–Kier alpha value is -2.68. The van der Waals surface area contributed by atoms with Crippen LogP contribution in [0, 0.1) is 0 Å². The average Bonchev–Trinajstić information content (AvgIpc) is 3.12. The summed E-state index contributed by atoms with van der Waals surface area (Å²) >= 11 is 11.7. The molecular formula is C17H11Cl2N5O2S. The van der Waals surface area contributed by atoms with E-state index >= 15 is 0 Å². The van der Waals surface area contributed by atoms with Gasteiger partial charge in [0.25, 0.3) is 10.0 Å². The molecule has 0 fully saturated rings. The van der Waals surface area contributed by atoms with E-state index in [9.17, 15) is 8.42 Å². The molecule has 2 aromatic carbocycles. The van der Waals surface area contributed by atoms with E-state index in [1.807, 2.05) is 6.07 Å². The molecule has 0 atom stereocenters. The third-order valence-corrected chi connectivity index (χ3v) is 5.91. The van der Waals surface area contributed by atoms with Gasteiger partial charge in [-0.1, -0.05) is 35.3 Å². The second kappa shape index (κ2) is 6.80. The number of hydrogen-bond acceptors (Lipinski definition) is 5. The molecule has 0 amide bonds. The molecule has 4 rings (SSSR count). The number of fused-ring (bicyclic) bond motifs is 1. The maximum absolute atomic E-state index is 12.5. The maximum Gasteiger partial charge on any atom is 0.261 e. The fourth-order valence-corrected chi connectivity index (χ4v) is 3.90. The van der Waals surface area contributed by atoms with Crippen LogP contribution in [0.3, 0.4) is 0 Å². The molecule has 0 saturated heterocycles. The lowest BCUT2D eigenvalue weighted by Crippen LogP contribution is -2.12. The molecule has 0 saturated carbocycles. The third kappa shape index (κ3) is 3.59. The van der Waals surface area contributed by atoms with Gasteiger partial charge in [0.05, 0.1) is 20.6 Å². The summed E-state index contributed by atoms with van der Waals surface area (Å²) in [4.78, 5) is 0.0284. The van der Waals surface area contributed by atoms with Crippen LogP contribution in [0.25, 0.3) is 16.9 Å². The van der Waals surface area contributed by atoms with Gasteiger partial charge in [0.2, 0.25) is 0 Å². The van der Waals surface area contributed by atoms with Crippen molar-refractivity contribution in [3.63, 3.8) is 0 Å². The number of benzene rings is 2. The summed E-state index contributed by atoms with van der Waals surface area (Å²) in [5.41, 5.74) is 2.59. The normalized spacial score (nSPS) is 11.6. The largest absolute Gasteiger partial charge is 0.280 e. The van der Waals surface area contributed by atoms with Gasteiger partial charge in [-0.05, 0) is 42.5 Å². The minimum Gasteiger partial charge on any atom is -0.280 e. The first kappa shape index (κ1) is 17.7. The number of anilines is 1. The van der Waals surface area contributed by atoms with E-state index < -0.39 is 10.0 Å². The van der Waals surface area contributed by atoms with E-state index in [4.69, 9.17) is 23.2 Å². The second-order valence-electron chi connectivity index (χ2n) is 5.61. The topological polar surface area (TPSA) is 89.2 Å². The lowest BCUT2D eigenvalue weighted by molar-refractivity contribution is 0.601. The molecule has 0 unspecified atom stereocenters. The molecule has 2 heterocycles. The Balaban J connectivity index is 1.59. The number of aromatic nitrogens is 4. The fraction of sp³-hybridized carbons (Fsp3) is 0. The third-order valence-electron chi connectivity index (χ3n) is 3.80. The van der Waals surface area contributed by atoms with Gasteiger partial charge in [0, 0.05) is 11.3 Å². The summed E-state index contributed by atoms with van der Waals surface area (Å²) in [6.45, 7) is 0. The number of nitrogens with zero attached hydrogens (tertiary/aromatic N) is 4. The van der Waals surface area contributed by atoms with E-state index in [0.717, 1.165) is 5.56 Å². The first-order valence-electron chi connectivity index (χ1n) is 7.68. The Morgan fingerprint density at radius 3 is 2.44 bits per heavy atom.